The standard InChI is InChI=1S/C24H21NO4/c1-15-12-21(24(27)28)20-14-22(25-23(20)13-15)18-4-2-16(3-5-18)17-6-8-19(9-7-17)29-11-10-26/h2-9,12-13,26H,10-11,14H2,1H3,(H,27,28). The third kappa shape index (κ3) is 3.91. The van der Waals surface area contributed by atoms with Gasteiger partial charge in [0.25, 0.3) is 0 Å². The van der Waals surface area contributed by atoms with E-state index >= 15 is 0 Å². The van der Waals surface area contributed by atoms with Gasteiger partial charge in [-0.25, -0.2) is 4.79 Å². The second-order valence-corrected chi connectivity index (χ2v) is 7.02. The molecule has 0 unspecified atom stereocenters. The number of aryl methyl sites for hydroxylation is 1. The van der Waals surface area contributed by atoms with Crippen molar-refractivity contribution in [3.8, 4) is 16.9 Å². The van der Waals surface area contributed by atoms with Gasteiger partial charge in [0.2, 0.25) is 0 Å². The fraction of sp³-hybridized carbons (Fsp3) is 0.167. The number of aliphatic hydroxyl groups is 1. The highest BCUT2D eigenvalue weighted by Crippen LogP contribution is 2.33. The SMILES string of the molecule is Cc1cc2c(c(C(=O)O)c1)CC(c1ccc(-c3ccc(OCCO)cc3)cc1)=N2. The van der Waals surface area contributed by atoms with Crippen LogP contribution in [0.4, 0.5) is 5.69 Å². The van der Waals surface area contributed by atoms with Crippen LogP contribution in [0.25, 0.3) is 11.1 Å². The first-order valence-corrected chi connectivity index (χ1v) is 9.44. The van der Waals surface area contributed by atoms with Gasteiger partial charge >= 0.3 is 5.97 Å². The largest absolute Gasteiger partial charge is 0.491 e. The molecule has 0 aromatic heterocycles. The van der Waals surface area contributed by atoms with Crippen LogP contribution in [0.3, 0.4) is 0 Å². The average Bonchev–Trinajstić information content (AvgIpc) is 3.16. The maximum atomic E-state index is 11.6. The Morgan fingerprint density at radius 1 is 1.00 bits per heavy atom. The van der Waals surface area contributed by atoms with Gasteiger partial charge in [-0.05, 0) is 59.0 Å². The fourth-order valence-electron chi connectivity index (χ4n) is 3.55. The van der Waals surface area contributed by atoms with Crippen molar-refractivity contribution in [1.82, 2.24) is 0 Å². The van der Waals surface area contributed by atoms with E-state index in [1.807, 2.05) is 61.5 Å². The molecule has 4 rings (SSSR count). The number of rotatable bonds is 6. The molecule has 0 saturated carbocycles. The minimum Gasteiger partial charge on any atom is -0.491 e. The van der Waals surface area contributed by atoms with Crippen molar-refractivity contribution in [2.75, 3.05) is 13.2 Å². The summed E-state index contributed by atoms with van der Waals surface area (Å²) in [4.78, 5) is 16.3. The first kappa shape index (κ1) is 18.9. The first-order valence-electron chi connectivity index (χ1n) is 9.44. The van der Waals surface area contributed by atoms with E-state index in [2.05, 4.69) is 4.99 Å². The zero-order valence-corrected chi connectivity index (χ0v) is 16.1. The fourth-order valence-corrected chi connectivity index (χ4v) is 3.55. The number of nitrogens with zero attached hydrogens (tertiary/aromatic N) is 1. The third-order valence-corrected chi connectivity index (χ3v) is 4.97. The summed E-state index contributed by atoms with van der Waals surface area (Å²) < 4.78 is 5.39. The molecule has 0 radical (unpaired) electrons. The predicted molar refractivity (Wildman–Crippen MR) is 112 cm³/mol. The summed E-state index contributed by atoms with van der Waals surface area (Å²) >= 11 is 0. The molecule has 3 aromatic rings. The molecule has 0 spiro atoms. The summed E-state index contributed by atoms with van der Waals surface area (Å²) in [5, 5.41) is 18.3. The molecule has 0 bridgehead atoms. The van der Waals surface area contributed by atoms with Crippen LogP contribution >= 0.6 is 0 Å². The first-order chi connectivity index (χ1) is 14.0. The van der Waals surface area contributed by atoms with Gasteiger partial charge in [-0.3, -0.25) is 4.99 Å². The molecule has 0 fully saturated rings. The zero-order valence-electron chi connectivity index (χ0n) is 16.1. The normalized spacial score (nSPS) is 12.4. The van der Waals surface area contributed by atoms with Crippen LogP contribution in [0.2, 0.25) is 0 Å². The number of aromatic carboxylic acids is 1. The van der Waals surface area contributed by atoms with Gasteiger partial charge in [-0.1, -0.05) is 36.4 Å². The van der Waals surface area contributed by atoms with E-state index in [4.69, 9.17) is 9.84 Å². The second-order valence-electron chi connectivity index (χ2n) is 7.02. The van der Waals surface area contributed by atoms with E-state index in [-0.39, 0.29) is 13.2 Å². The number of aliphatic hydroxyl groups excluding tert-OH is 1. The smallest absolute Gasteiger partial charge is 0.336 e. The molecule has 5 nitrogen and oxygen atoms in total. The van der Waals surface area contributed by atoms with E-state index in [1.54, 1.807) is 6.07 Å². The monoisotopic (exact) mass is 387 g/mol. The Hall–Kier alpha value is -3.44. The predicted octanol–water partition coefficient (Wildman–Crippen LogP) is 4.41. The van der Waals surface area contributed by atoms with Crippen LogP contribution in [0, 0.1) is 6.92 Å². The van der Waals surface area contributed by atoms with Crippen LogP contribution in [-0.2, 0) is 6.42 Å². The van der Waals surface area contributed by atoms with Crippen LogP contribution in [0.5, 0.6) is 5.75 Å². The van der Waals surface area contributed by atoms with Crippen molar-refractivity contribution < 1.29 is 19.7 Å². The number of carboxylic acid groups (broad SMARTS) is 1. The van der Waals surface area contributed by atoms with Gasteiger partial charge in [-0.2, -0.15) is 0 Å². The van der Waals surface area contributed by atoms with E-state index in [0.29, 0.717) is 12.0 Å². The van der Waals surface area contributed by atoms with Crippen molar-refractivity contribution in [2.24, 2.45) is 4.99 Å². The van der Waals surface area contributed by atoms with Gasteiger partial charge in [0.1, 0.15) is 12.4 Å². The van der Waals surface area contributed by atoms with Crippen molar-refractivity contribution >= 4 is 17.4 Å². The summed E-state index contributed by atoms with van der Waals surface area (Å²) in [6, 6.07) is 19.5. The van der Waals surface area contributed by atoms with Gasteiger partial charge in [0.15, 0.2) is 0 Å². The second kappa shape index (κ2) is 7.89. The van der Waals surface area contributed by atoms with E-state index in [9.17, 15) is 9.90 Å². The molecule has 2 N–H and O–H groups in total. The highest BCUT2D eigenvalue weighted by Gasteiger charge is 2.22. The van der Waals surface area contributed by atoms with Crippen molar-refractivity contribution in [3.63, 3.8) is 0 Å². The Morgan fingerprint density at radius 2 is 1.62 bits per heavy atom. The van der Waals surface area contributed by atoms with E-state index in [0.717, 1.165) is 45.0 Å². The van der Waals surface area contributed by atoms with Crippen LogP contribution < -0.4 is 4.74 Å². The molecule has 1 aliphatic heterocycles. The molecule has 0 atom stereocenters. The zero-order chi connectivity index (χ0) is 20.4. The van der Waals surface area contributed by atoms with Crippen molar-refractivity contribution in [3.05, 3.63) is 82.9 Å². The number of hydrogen-bond acceptors (Lipinski definition) is 4. The van der Waals surface area contributed by atoms with Crippen molar-refractivity contribution in [2.45, 2.75) is 13.3 Å². The Kier molecular flexibility index (Phi) is 5.14. The summed E-state index contributed by atoms with van der Waals surface area (Å²) in [6.07, 6.45) is 0.521. The number of aliphatic imine (C=N–C) groups is 1. The van der Waals surface area contributed by atoms with Crippen LogP contribution in [-0.4, -0.2) is 35.1 Å². The van der Waals surface area contributed by atoms with E-state index < -0.39 is 5.97 Å². The lowest BCUT2D eigenvalue weighted by Gasteiger charge is -2.07. The highest BCUT2D eigenvalue weighted by molar-refractivity contribution is 6.09. The molecule has 0 saturated heterocycles. The Morgan fingerprint density at radius 3 is 2.24 bits per heavy atom. The minimum absolute atomic E-state index is 0.00943. The molecule has 146 valence electrons. The lowest BCUT2D eigenvalue weighted by atomic mass is 9.97. The van der Waals surface area contributed by atoms with Gasteiger partial charge in [0, 0.05) is 6.42 Å². The quantitative estimate of drug-likeness (QED) is 0.657. The molecule has 29 heavy (non-hydrogen) atoms. The maximum Gasteiger partial charge on any atom is 0.336 e. The molecule has 0 aliphatic carbocycles. The third-order valence-electron chi connectivity index (χ3n) is 4.97. The molecular formula is C24H21NO4. The number of carbonyl (C=O) groups is 1. The van der Waals surface area contributed by atoms with Gasteiger partial charge in [0.05, 0.1) is 23.6 Å². The summed E-state index contributed by atoms with van der Waals surface area (Å²) in [5.41, 5.74) is 6.76. The van der Waals surface area contributed by atoms with Gasteiger partial charge in [-0.15, -0.1) is 0 Å². The minimum atomic E-state index is -0.914. The number of ether oxygens (including phenoxy) is 1. The lowest BCUT2D eigenvalue weighted by molar-refractivity contribution is 0.0696. The highest BCUT2D eigenvalue weighted by atomic mass is 16.5. The Labute approximate surface area is 168 Å². The lowest BCUT2D eigenvalue weighted by Crippen LogP contribution is -2.05. The number of hydrogen-bond donors (Lipinski definition) is 2. The molecular weight excluding hydrogens is 366 g/mol. The average molecular weight is 387 g/mol. The molecule has 1 heterocycles. The summed E-state index contributed by atoms with van der Waals surface area (Å²) in [6.45, 7) is 2.15. The van der Waals surface area contributed by atoms with E-state index in [1.165, 1.54) is 0 Å². The Balaban J connectivity index is 1.55. The maximum absolute atomic E-state index is 11.6. The van der Waals surface area contributed by atoms with Gasteiger partial charge < -0.3 is 14.9 Å². The van der Waals surface area contributed by atoms with Crippen LogP contribution in [0.1, 0.15) is 27.0 Å². The van der Waals surface area contributed by atoms with Crippen molar-refractivity contribution in [1.29, 1.82) is 0 Å². The topological polar surface area (TPSA) is 79.1 Å². The summed E-state index contributed by atoms with van der Waals surface area (Å²) in [7, 11) is 0. The molecule has 1 aliphatic rings. The number of fused-ring (bicyclic) bond motifs is 1. The van der Waals surface area contributed by atoms with Crippen LogP contribution in [0.15, 0.2) is 65.7 Å². The molecule has 0 amide bonds. The molecule has 3 aromatic carbocycles. The Bertz CT molecular complexity index is 1080. The number of benzene rings is 3. The number of carboxylic acids is 1. The molecule has 5 heteroatoms. The summed E-state index contributed by atoms with van der Waals surface area (Å²) in [5.74, 6) is -0.190.